The van der Waals surface area contributed by atoms with Crippen molar-refractivity contribution in [2.45, 2.75) is 50.2 Å². The van der Waals surface area contributed by atoms with Gasteiger partial charge in [0.2, 0.25) is 0 Å². The molecule has 0 spiro atoms. The molecule has 20 heavy (non-hydrogen) atoms. The van der Waals surface area contributed by atoms with Gasteiger partial charge < -0.3 is 20.1 Å². The number of nitrogens with one attached hydrogen (secondary N) is 1. The third-order valence-electron chi connectivity index (χ3n) is 5.05. The zero-order chi connectivity index (χ0) is 14.6. The SMILES string of the molecule is CNC1(C(=O)O)CCCC1CCN(C)CC1CCCO1. The van der Waals surface area contributed by atoms with E-state index in [1.807, 2.05) is 0 Å². The van der Waals surface area contributed by atoms with Crippen LogP contribution in [0.3, 0.4) is 0 Å². The summed E-state index contributed by atoms with van der Waals surface area (Å²) in [5.41, 5.74) is -0.704. The number of carboxylic acid groups (broad SMARTS) is 1. The molecule has 3 atom stereocenters. The number of carboxylic acids is 1. The number of hydrogen-bond donors (Lipinski definition) is 2. The van der Waals surface area contributed by atoms with Crippen LogP contribution in [0.4, 0.5) is 0 Å². The molecule has 2 aliphatic rings. The molecule has 3 unspecified atom stereocenters. The normalized spacial score (nSPS) is 34.0. The Morgan fingerprint density at radius 1 is 1.45 bits per heavy atom. The second kappa shape index (κ2) is 6.87. The molecule has 2 fully saturated rings. The number of ether oxygens (including phenoxy) is 1. The summed E-state index contributed by atoms with van der Waals surface area (Å²) < 4.78 is 5.65. The van der Waals surface area contributed by atoms with Crippen molar-refractivity contribution in [2.24, 2.45) is 5.92 Å². The van der Waals surface area contributed by atoms with Gasteiger partial charge in [-0.1, -0.05) is 6.42 Å². The van der Waals surface area contributed by atoms with Crippen LogP contribution in [0.2, 0.25) is 0 Å². The van der Waals surface area contributed by atoms with Crippen LogP contribution >= 0.6 is 0 Å². The Morgan fingerprint density at radius 3 is 2.85 bits per heavy atom. The van der Waals surface area contributed by atoms with Gasteiger partial charge in [-0.05, 0) is 58.7 Å². The van der Waals surface area contributed by atoms with Crippen molar-refractivity contribution < 1.29 is 14.6 Å². The highest BCUT2D eigenvalue weighted by molar-refractivity contribution is 5.79. The third kappa shape index (κ3) is 3.32. The van der Waals surface area contributed by atoms with Crippen LogP contribution < -0.4 is 5.32 Å². The predicted octanol–water partition coefficient (Wildman–Crippen LogP) is 1.33. The van der Waals surface area contributed by atoms with E-state index in [2.05, 4.69) is 17.3 Å². The van der Waals surface area contributed by atoms with Crippen LogP contribution in [-0.2, 0) is 9.53 Å². The average molecular weight is 284 g/mol. The van der Waals surface area contributed by atoms with Crippen molar-refractivity contribution in [3.63, 3.8) is 0 Å². The Hall–Kier alpha value is -0.650. The van der Waals surface area contributed by atoms with E-state index in [-0.39, 0.29) is 5.92 Å². The van der Waals surface area contributed by atoms with E-state index in [0.29, 0.717) is 6.10 Å². The van der Waals surface area contributed by atoms with Crippen LogP contribution in [-0.4, -0.2) is 61.4 Å². The monoisotopic (exact) mass is 284 g/mol. The molecule has 0 bridgehead atoms. The molecule has 1 saturated heterocycles. The minimum absolute atomic E-state index is 0.233. The maximum atomic E-state index is 11.6. The van der Waals surface area contributed by atoms with E-state index in [1.54, 1.807) is 7.05 Å². The van der Waals surface area contributed by atoms with Crippen molar-refractivity contribution in [1.82, 2.24) is 10.2 Å². The van der Waals surface area contributed by atoms with Gasteiger partial charge in [0, 0.05) is 13.2 Å². The summed E-state index contributed by atoms with van der Waals surface area (Å²) in [5, 5.41) is 12.6. The summed E-state index contributed by atoms with van der Waals surface area (Å²) in [5.74, 6) is -0.457. The molecule has 1 saturated carbocycles. The van der Waals surface area contributed by atoms with Crippen LogP contribution in [0, 0.1) is 5.92 Å². The summed E-state index contributed by atoms with van der Waals surface area (Å²) in [6.07, 6.45) is 6.41. The van der Waals surface area contributed by atoms with Crippen molar-refractivity contribution in [3.8, 4) is 0 Å². The molecule has 1 aliphatic heterocycles. The first-order valence-corrected chi connectivity index (χ1v) is 7.81. The maximum Gasteiger partial charge on any atom is 0.324 e. The number of nitrogens with zero attached hydrogens (tertiary/aromatic N) is 1. The fraction of sp³-hybridized carbons (Fsp3) is 0.933. The summed E-state index contributed by atoms with van der Waals surface area (Å²) in [6, 6.07) is 0. The van der Waals surface area contributed by atoms with Crippen molar-refractivity contribution >= 4 is 5.97 Å². The maximum absolute atomic E-state index is 11.6. The quantitative estimate of drug-likeness (QED) is 0.738. The first kappa shape index (κ1) is 15.7. The minimum Gasteiger partial charge on any atom is -0.480 e. The van der Waals surface area contributed by atoms with Gasteiger partial charge in [0.1, 0.15) is 5.54 Å². The standard InChI is InChI=1S/C15H28N2O3/c1-16-15(14(18)19)8-3-5-12(15)7-9-17(2)11-13-6-4-10-20-13/h12-13,16H,3-11H2,1-2H3,(H,18,19). The number of aliphatic carboxylic acids is 1. The third-order valence-corrected chi connectivity index (χ3v) is 5.05. The molecule has 2 rings (SSSR count). The molecule has 1 aliphatic carbocycles. The minimum atomic E-state index is -0.704. The van der Waals surface area contributed by atoms with Crippen molar-refractivity contribution in [2.75, 3.05) is 33.8 Å². The van der Waals surface area contributed by atoms with E-state index < -0.39 is 11.5 Å². The Morgan fingerprint density at radius 2 is 2.25 bits per heavy atom. The van der Waals surface area contributed by atoms with Gasteiger partial charge in [0.25, 0.3) is 0 Å². The van der Waals surface area contributed by atoms with E-state index in [1.165, 1.54) is 6.42 Å². The molecule has 0 amide bonds. The number of hydrogen-bond acceptors (Lipinski definition) is 4. The highest BCUT2D eigenvalue weighted by Gasteiger charge is 2.47. The van der Waals surface area contributed by atoms with Crippen LogP contribution in [0.15, 0.2) is 0 Å². The lowest BCUT2D eigenvalue weighted by molar-refractivity contribution is -0.146. The molecular weight excluding hydrogens is 256 g/mol. The number of carbonyl (C=O) groups is 1. The molecule has 0 aromatic rings. The lowest BCUT2D eigenvalue weighted by Gasteiger charge is -2.32. The Balaban J connectivity index is 1.81. The largest absolute Gasteiger partial charge is 0.480 e. The molecule has 0 aromatic heterocycles. The molecule has 2 N–H and O–H groups in total. The topological polar surface area (TPSA) is 61.8 Å². The summed E-state index contributed by atoms with van der Waals surface area (Å²) in [4.78, 5) is 13.9. The Bertz CT molecular complexity index is 331. The van der Waals surface area contributed by atoms with E-state index in [0.717, 1.165) is 51.8 Å². The summed E-state index contributed by atoms with van der Waals surface area (Å²) in [6.45, 7) is 2.80. The van der Waals surface area contributed by atoms with E-state index in [9.17, 15) is 9.90 Å². The van der Waals surface area contributed by atoms with Crippen LogP contribution in [0.5, 0.6) is 0 Å². The highest BCUT2D eigenvalue weighted by Crippen LogP contribution is 2.38. The lowest BCUT2D eigenvalue weighted by atomic mass is 9.84. The summed E-state index contributed by atoms with van der Waals surface area (Å²) in [7, 11) is 3.89. The number of likely N-dealkylation sites (N-methyl/N-ethyl adjacent to an activating group) is 2. The second-order valence-electron chi connectivity index (χ2n) is 6.30. The predicted molar refractivity (Wildman–Crippen MR) is 77.9 cm³/mol. The first-order valence-electron chi connectivity index (χ1n) is 7.81. The van der Waals surface area contributed by atoms with E-state index >= 15 is 0 Å². The molecule has 116 valence electrons. The first-order chi connectivity index (χ1) is 9.58. The van der Waals surface area contributed by atoms with Crippen LogP contribution in [0.25, 0.3) is 0 Å². The number of rotatable bonds is 7. The molecule has 0 radical (unpaired) electrons. The van der Waals surface area contributed by atoms with Gasteiger partial charge in [0.05, 0.1) is 6.10 Å². The molecule has 1 heterocycles. The fourth-order valence-electron chi connectivity index (χ4n) is 3.79. The van der Waals surface area contributed by atoms with Gasteiger partial charge >= 0.3 is 5.97 Å². The zero-order valence-corrected chi connectivity index (χ0v) is 12.7. The molecular formula is C15H28N2O3. The highest BCUT2D eigenvalue weighted by atomic mass is 16.5. The van der Waals surface area contributed by atoms with Gasteiger partial charge in [-0.15, -0.1) is 0 Å². The average Bonchev–Trinajstić information content (AvgIpc) is 3.05. The van der Waals surface area contributed by atoms with Gasteiger partial charge in [-0.2, -0.15) is 0 Å². The van der Waals surface area contributed by atoms with Crippen molar-refractivity contribution in [3.05, 3.63) is 0 Å². The zero-order valence-electron chi connectivity index (χ0n) is 12.7. The molecule has 0 aromatic carbocycles. The van der Waals surface area contributed by atoms with Crippen LogP contribution in [0.1, 0.15) is 38.5 Å². The Labute approximate surface area is 121 Å². The van der Waals surface area contributed by atoms with Gasteiger partial charge in [0.15, 0.2) is 0 Å². The second-order valence-corrected chi connectivity index (χ2v) is 6.30. The summed E-state index contributed by atoms with van der Waals surface area (Å²) >= 11 is 0. The molecule has 5 nitrogen and oxygen atoms in total. The fourth-order valence-corrected chi connectivity index (χ4v) is 3.79. The van der Waals surface area contributed by atoms with Gasteiger partial charge in [-0.25, -0.2) is 0 Å². The Kier molecular flexibility index (Phi) is 5.41. The van der Waals surface area contributed by atoms with Gasteiger partial charge in [-0.3, -0.25) is 4.79 Å². The van der Waals surface area contributed by atoms with E-state index in [4.69, 9.17) is 4.74 Å². The van der Waals surface area contributed by atoms with Crippen molar-refractivity contribution in [1.29, 1.82) is 0 Å². The molecule has 5 heteroatoms. The smallest absolute Gasteiger partial charge is 0.324 e. The lowest BCUT2D eigenvalue weighted by Crippen LogP contribution is -2.53.